The lowest BCUT2D eigenvalue weighted by atomic mass is 9.90. The molecule has 0 atom stereocenters. The van der Waals surface area contributed by atoms with E-state index in [1.54, 1.807) is 6.20 Å². The maximum Gasteiger partial charge on any atom is 0.140 e. The molecule has 0 unspecified atom stereocenters. The van der Waals surface area contributed by atoms with Crippen LogP contribution in [0.4, 0.5) is 0 Å². The molecule has 0 bridgehead atoms. The van der Waals surface area contributed by atoms with Gasteiger partial charge in [-0.1, -0.05) is 60.7 Å². The Labute approximate surface area is 124 Å². The quantitative estimate of drug-likeness (QED) is 0.796. The number of rotatable bonds is 4. The summed E-state index contributed by atoms with van der Waals surface area (Å²) in [6, 6.07) is 22.5. The van der Waals surface area contributed by atoms with Crippen LogP contribution in [0.3, 0.4) is 0 Å². The van der Waals surface area contributed by atoms with Crippen LogP contribution in [0.15, 0.2) is 72.9 Å². The minimum atomic E-state index is 0.0268. The first-order valence-electron chi connectivity index (χ1n) is 7.00. The number of aromatic nitrogens is 2. The first-order chi connectivity index (χ1) is 10.4. The minimum absolute atomic E-state index is 0.0268. The van der Waals surface area contributed by atoms with Crippen molar-refractivity contribution in [2.75, 3.05) is 0 Å². The molecule has 0 aliphatic heterocycles. The fourth-order valence-electron chi connectivity index (χ4n) is 2.45. The van der Waals surface area contributed by atoms with Crippen LogP contribution in [0, 0.1) is 0 Å². The SMILES string of the molecule is NCc1ccnc(C(c2ccccc2)c2ccccc2)n1. The van der Waals surface area contributed by atoms with Crippen molar-refractivity contribution in [3.8, 4) is 0 Å². The van der Waals surface area contributed by atoms with Crippen LogP contribution >= 0.6 is 0 Å². The van der Waals surface area contributed by atoms with Crippen molar-refractivity contribution in [1.82, 2.24) is 9.97 Å². The molecule has 3 heteroatoms. The van der Waals surface area contributed by atoms with Gasteiger partial charge < -0.3 is 5.73 Å². The first kappa shape index (κ1) is 13.5. The highest BCUT2D eigenvalue weighted by molar-refractivity contribution is 5.38. The van der Waals surface area contributed by atoms with E-state index in [0.717, 1.165) is 11.5 Å². The van der Waals surface area contributed by atoms with Gasteiger partial charge in [-0.05, 0) is 17.2 Å². The molecular weight excluding hydrogens is 258 g/mol. The van der Waals surface area contributed by atoms with Gasteiger partial charge in [-0.3, -0.25) is 0 Å². The zero-order valence-electron chi connectivity index (χ0n) is 11.7. The second kappa shape index (κ2) is 6.29. The minimum Gasteiger partial charge on any atom is -0.325 e. The summed E-state index contributed by atoms with van der Waals surface area (Å²) < 4.78 is 0. The molecule has 2 N–H and O–H groups in total. The molecule has 104 valence electrons. The maximum atomic E-state index is 5.71. The molecule has 21 heavy (non-hydrogen) atoms. The summed E-state index contributed by atoms with van der Waals surface area (Å²) in [6.07, 6.45) is 1.78. The van der Waals surface area contributed by atoms with Crippen molar-refractivity contribution in [3.05, 3.63) is 95.6 Å². The summed E-state index contributed by atoms with van der Waals surface area (Å²) in [5, 5.41) is 0. The van der Waals surface area contributed by atoms with Gasteiger partial charge >= 0.3 is 0 Å². The molecule has 1 heterocycles. The Morgan fingerprint density at radius 1 is 0.810 bits per heavy atom. The molecule has 2 aromatic carbocycles. The predicted octanol–water partition coefficient (Wildman–Crippen LogP) is 3.12. The zero-order chi connectivity index (χ0) is 14.5. The van der Waals surface area contributed by atoms with Crippen LogP contribution in [0.1, 0.15) is 28.6 Å². The number of benzene rings is 2. The monoisotopic (exact) mass is 275 g/mol. The molecule has 0 aliphatic rings. The normalized spacial score (nSPS) is 10.8. The van der Waals surface area contributed by atoms with Crippen LogP contribution < -0.4 is 5.73 Å². The maximum absolute atomic E-state index is 5.71. The zero-order valence-corrected chi connectivity index (χ0v) is 11.7. The Balaban J connectivity index is 2.12. The Bertz CT molecular complexity index is 656. The van der Waals surface area contributed by atoms with Crippen molar-refractivity contribution < 1.29 is 0 Å². The molecular formula is C18H17N3. The fraction of sp³-hybridized carbons (Fsp3) is 0.111. The van der Waals surface area contributed by atoms with E-state index in [2.05, 4.69) is 34.2 Å². The van der Waals surface area contributed by atoms with E-state index in [1.807, 2.05) is 42.5 Å². The largest absolute Gasteiger partial charge is 0.325 e. The highest BCUT2D eigenvalue weighted by Gasteiger charge is 2.19. The highest BCUT2D eigenvalue weighted by Crippen LogP contribution is 2.29. The van der Waals surface area contributed by atoms with Gasteiger partial charge in [-0.2, -0.15) is 0 Å². The van der Waals surface area contributed by atoms with E-state index < -0.39 is 0 Å². The lowest BCUT2D eigenvalue weighted by Gasteiger charge is -2.17. The van der Waals surface area contributed by atoms with Gasteiger partial charge in [-0.25, -0.2) is 9.97 Å². The number of hydrogen-bond donors (Lipinski definition) is 1. The molecule has 3 rings (SSSR count). The van der Waals surface area contributed by atoms with Gasteiger partial charge in [0.1, 0.15) is 5.82 Å². The summed E-state index contributed by atoms with van der Waals surface area (Å²) >= 11 is 0. The van der Waals surface area contributed by atoms with Crippen LogP contribution in [0.5, 0.6) is 0 Å². The third-order valence-electron chi connectivity index (χ3n) is 3.47. The molecule has 0 amide bonds. The number of nitrogens with two attached hydrogens (primary N) is 1. The second-order valence-electron chi connectivity index (χ2n) is 4.86. The van der Waals surface area contributed by atoms with Crippen LogP contribution in [0.2, 0.25) is 0 Å². The summed E-state index contributed by atoms with van der Waals surface area (Å²) in [5.74, 6) is 0.814. The smallest absolute Gasteiger partial charge is 0.140 e. The fourth-order valence-corrected chi connectivity index (χ4v) is 2.45. The molecule has 0 spiro atoms. The van der Waals surface area contributed by atoms with E-state index >= 15 is 0 Å². The summed E-state index contributed by atoms with van der Waals surface area (Å²) in [4.78, 5) is 9.08. The lowest BCUT2D eigenvalue weighted by Crippen LogP contribution is -2.10. The van der Waals surface area contributed by atoms with Crippen LogP contribution in [-0.2, 0) is 6.54 Å². The molecule has 0 saturated heterocycles. The Kier molecular flexibility index (Phi) is 4.03. The average Bonchev–Trinajstić information content (AvgIpc) is 2.57. The van der Waals surface area contributed by atoms with E-state index in [-0.39, 0.29) is 5.92 Å². The van der Waals surface area contributed by atoms with Crippen LogP contribution in [-0.4, -0.2) is 9.97 Å². The van der Waals surface area contributed by atoms with Crippen molar-refractivity contribution in [1.29, 1.82) is 0 Å². The number of hydrogen-bond acceptors (Lipinski definition) is 3. The van der Waals surface area contributed by atoms with E-state index in [1.165, 1.54) is 11.1 Å². The molecule has 0 saturated carbocycles. The van der Waals surface area contributed by atoms with Crippen molar-refractivity contribution >= 4 is 0 Å². The van der Waals surface area contributed by atoms with Crippen molar-refractivity contribution in [2.24, 2.45) is 5.73 Å². The van der Waals surface area contributed by atoms with Gasteiger partial charge in [0.05, 0.1) is 11.6 Å². The highest BCUT2D eigenvalue weighted by atomic mass is 14.9. The van der Waals surface area contributed by atoms with Crippen molar-refractivity contribution in [2.45, 2.75) is 12.5 Å². The summed E-state index contributed by atoms with van der Waals surface area (Å²) in [5.41, 5.74) is 8.92. The van der Waals surface area contributed by atoms with E-state index in [0.29, 0.717) is 6.54 Å². The molecule has 1 aromatic heterocycles. The van der Waals surface area contributed by atoms with Gasteiger partial charge in [0, 0.05) is 12.7 Å². The van der Waals surface area contributed by atoms with E-state index in [4.69, 9.17) is 5.73 Å². The third-order valence-corrected chi connectivity index (χ3v) is 3.47. The van der Waals surface area contributed by atoms with Gasteiger partial charge in [0.2, 0.25) is 0 Å². The van der Waals surface area contributed by atoms with Gasteiger partial charge in [0.15, 0.2) is 0 Å². The Morgan fingerprint density at radius 2 is 1.38 bits per heavy atom. The Hall–Kier alpha value is -2.52. The van der Waals surface area contributed by atoms with Gasteiger partial charge in [-0.15, -0.1) is 0 Å². The molecule has 0 fully saturated rings. The average molecular weight is 275 g/mol. The molecule has 0 radical (unpaired) electrons. The standard InChI is InChI=1S/C18H17N3/c19-13-16-11-12-20-18(21-16)17(14-7-3-1-4-8-14)15-9-5-2-6-10-15/h1-12,17H,13,19H2. The van der Waals surface area contributed by atoms with Crippen molar-refractivity contribution in [3.63, 3.8) is 0 Å². The number of nitrogens with zero attached hydrogens (tertiary/aromatic N) is 2. The summed E-state index contributed by atoms with van der Waals surface area (Å²) in [7, 11) is 0. The lowest BCUT2D eigenvalue weighted by molar-refractivity contribution is 0.821. The first-order valence-corrected chi connectivity index (χ1v) is 7.00. The Morgan fingerprint density at radius 3 is 1.90 bits per heavy atom. The second-order valence-corrected chi connectivity index (χ2v) is 4.86. The topological polar surface area (TPSA) is 51.8 Å². The molecule has 0 aliphatic carbocycles. The molecule has 3 aromatic rings. The van der Waals surface area contributed by atoms with Crippen LogP contribution in [0.25, 0.3) is 0 Å². The predicted molar refractivity (Wildman–Crippen MR) is 83.8 cm³/mol. The van der Waals surface area contributed by atoms with E-state index in [9.17, 15) is 0 Å². The molecule has 3 nitrogen and oxygen atoms in total. The van der Waals surface area contributed by atoms with Gasteiger partial charge in [0.25, 0.3) is 0 Å². The third kappa shape index (κ3) is 2.98. The summed E-state index contributed by atoms with van der Waals surface area (Å²) in [6.45, 7) is 0.422.